The zero-order chi connectivity index (χ0) is 21.9. The molecule has 13 heteroatoms. The van der Waals surface area contributed by atoms with Crippen LogP contribution >= 0.6 is 23.2 Å². The van der Waals surface area contributed by atoms with Crippen LogP contribution in [0, 0.1) is 10.1 Å². The van der Waals surface area contributed by atoms with E-state index in [1.807, 2.05) is 0 Å². The van der Waals surface area contributed by atoms with Crippen LogP contribution in [0.15, 0.2) is 24.3 Å². The predicted molar refractivity (Wildman–Crippen MR) is 97.9 cm³/mol. The molecule has 0 saturated carbocycles. The van der Waals surface area contributed by atoms with Crippen molar-refractivity contribution in [2.45, 2.75) is 13.1 Å². The molecule has 0 saturated heterocycles. The second-order valence-electron chi connectivity index (χ2n) is 5.38. The predicted octanol–water partition coefficient (Wildman–Crippen LogP) is 5.70. The third kappa shape index (κ3) is 5.18. The van der Waals surface area contributed by atoms with Gasteiger partial charge in [-0.15, -0.1) is 0 Å². The molecule has 0 unspecified atom stereocenters. The first-order valence-electron chi connectivity index (χ1n) is 7.75. The van der Waals surface area contributed by atoms with Crippen molar-refractivity contribution in [2.24, 2.45) is 0 Å². The van der Waals surface area contributed by atoms with E-state index in [0.29, 0.717) is 12.1 Å². The minimum Gasteiger partial charge on any atom is -0.449 e. The summed E-state index contributed by atoms with van der Waals surface area (Å²) < 4.78 is 48.6. The Balaban J connectivity index is 2.46. The molecular weight excluding hydrogens is 442 g/mol. The summed E-state index contributed by atoms with van der Waals surface area (Å²) in [6, 6.07) is 3.30. The summed E-state index contributed by atoms with van der Waals surface area (Å²) in [7, 11) is 1.19. The summed E-state index contributed by atoms with van der Waals surface area (Å²) in [6.45, 7) is 1.56. The van der Waals surface area contributed by atoms with Crippen molar-refractivity contribution >= 4 is 40.8 Å². The van der Waals surface area contributed by atoms with Crippen molar-refractivity contribution in [3.63, 3.8) is 0 Å². The Morgan fingerprint density at radius 3 is 2.34 bits per heavy atom. The number of pyridine rings is 1. The number of amides is 1. The van der Waals surface area contributed by atoms with Crippen LogP contribution in [0.5, 0.6) is 11.6 Å². The third-order valence-corrected chi connectivity index (χ3v) is 3.98. The summed E-state index contributed by atoms with van der Waals surface area (Å²) >= 11 is 11.7. The van der Waals surface area contributed by atoms with Crippen LogP contribution < -0.4 is 9.64 Å². The molecule has 0 atom stereocenters. The first kappa shape index (κ1) is 22.5. The zero-order valence-corrected chi connectivity index (χ0v) is 16.3. The second kappa shape index (κ2) is 8.70. The lowest BCUT2D eigenvalue weighted by Gasteiger charge is -2.17. The summed E-state index contributed by atoms with van der Waals surface area (Å²) in [5.41, 5.74) is -1.61. The van der Waals surface area contributed by atoms with E-state index >= 15 is 0 Å². The topological polar surface area (TPSA) is 94.8 Å². The number of aromatic nitrogens is 1. The van der Waals surface area contributed by atoms with Gasteiger partial charge in [-0.25, -0.2) is 4.79 Å². The molecule has 0 spiro atoms. The molecule has 0 aliphatic carbocycles. The zero-order valence-electron chi connectivity index (χ0n) is 14.8. The highest BCUT2D eigenvalue weighted by molar-refractivity contribution is 6.37. The lowest BCUT2D eigenvalue weighted by Crippen LogP contribution is -2.28. The van der Waals surface area contributed by atoms with E-state index in [1.165, 1.54) is 7.05 Å². The number of rotatable bonds is 5. The maximum atomic E-state index is 12.8. The molecule has 0 N–H and O–H groups in total. The van der Waals surface area contributed by atoms with Gasteiger partial charge in [-0.3, -0.25) is 15.0 Å². The van der Waals surface area contributed by atoms with Crippen LogP contribution in [-0.2, 0) is 10.9 Å². The number of nitro groups is 1. The second-order valence-corrected chi connectivity index (χ2v) is 6.19. The Bertz CT molecular complexity index is 933. The molecule has 1 heterocycles. The van der Waals surface area contributed by atoms with Crippen LogP contribution in [0.3, 0.4) is 0 Å². The first-order chi connectivity index (χ1) is 13.5. The highest BCUT2D eigenvalue weighted by atomic mass is 35.5. The number of benzene rings is 1. The Kier molecular flexibility index (Phi) is 6.75. The summed E-state index contributed by atoms with van der Waals surface area (Å²) in [4.78, 5) is 27.0. The molecule has 0 bridgehead atoms. The smallest absolute Gasteiger partial charge is 0.416 e. The highest BCUT2D eigenvalue weighted by Gasteiger charge is 2.32. The summed E-state index contributed by atoms with van der Waals surface area (Å²) in [6.07, 6.45) is -5.58. The van der Waals surface area contributed by atoms with Crippen molar-refractivity contribution in [3.8, 4) is 11.6 Å². The number of alkyl halides is 3. The highest BCUT2D eigenvalue weighted by Crippen LogP contribution is 2.42. The fourth-order valence-corrected chi connectivity index (χ4v) is 2.67. The number of hydrogen-bond acceptors (Lipinski definition) is 6. The Morgan fingerprint density at radius 2 is 1.86 bits per heavy atom. The van der Waals surface area contributed by atoms with Crippen LogP contribution in [-0.4, -0.2) is 29.7 Å². The van der Waals surface area contributed by atoms with E-state index < -0.39 is 44.3 Å². The molecule has 2 aromatic rings. The molecule has 2 rings (SSSR count). The van der Waals surface area contributed by atoms with Gasteiger partial charge >= 0.3 is 18.0 Å². The first-order valence-corrected chi connectivity index (χ1v) is 8.51. The van der Waals surface area contributed by atoms with Gasteiger partial charge in [-0.1, -0.05) is 23.2 Å². The number of halogens is 5. The van der Waals surface area contributed by atoms with Crippen LogP contribution in [0.1, 0.15) is 12.5 Å². The molecule has 8 nitrogen and oxygen atoms in total. The van der Waals surface area contributed by atoms with E-state index in [2.05, 4.69) is 4.98 Å². The minimum atomic E-state index is -4.67. The van der Waals surface area contributed by atoms with E-state index in [0.717, 1.165) is 17.0 Å². The number of nitrogens with zero attached hydrogens (tertiary/aromatic N) is 3. The number of carbonyl (C=O) groups excluding carboxylic acids is 1. The molecule has 29 heavy (non-hydrogen) atoms. The molecule has 1 amide bonds. The van der Waals surface area contributed by atoms with Gasteiger partial charge in [0.2, 0.25) is 11.7 Å². The van der Waals surface area contributed by atoms with Crippen molar-refractivity contribution in [3.05, 3.63) is 50.0 Å². The van der Waals surface area contributed by atoms with Crippen LogP contribution in [0.25, 0.3) is 0 Å². The number of hydrogen-bond donors (Lipinski definition) is 0. The number of ether oxygens (including phenoxy) is 2. The van der Waals surface area contributed by atoms with Crippen LogP contribution in [0.4, 0.5) is 29.5 Å². The average Bonchev–Trinajstić information content (AvgIpc) is 2.63. The Labute approximate surface area is 171 Å². The maximum absolute atomic E-state index is 12.8. The van der Waals surface area contributed by atoms with Crippen molar-refractivity contribution in [2.75, 3.05) is 18.6 Å². The van der Waals surface area contributed by atoms with Gasteiger partial charge in [0.05, 0.1) is 27.1 Å². The minimum absolute atomic E-state index is 0.0178. The normalized spacial score (nSPS) is 11.1. The number of anilines is 1. The molecule has 1 aromatic heterocycles. The van der Waals surface area contributed by atoms with Gasteiger partial charge in [-0.05, 0) is 19.1 Å². The fraction of sp³-hybridized carbons (Fsp3) is 0.250. The Hall–Kier alpha value is -2.79. The largest absolute Gasteiger partial charge is 0.449 e. The van der Waals surface area contributed by atoms with Crippen molar-refractivity contribution in [1.29, 1.82) is 0 Å². The van der Waals surface area contributed by atoms with Gasteiger partial charge in [0.15, 0.2) is 5.75 Å². The quantitative estimate of drug-likeness (QED) is 0.425. The number of carbonyl (C=O) groups is 1. The van der Waals surface area contributed by atoms with Gasteiger partial charge in [-0.2, -0.15) is 18.2 Å². The Morgan fingerprint density at radius 1 is 1.28 bits per heavy atom. The van der Waals surface area contributed by atoms with Gasteiger partial charge in [0.1, 0.15) is 0 Å². The fourth-order valence-electron chi connectivity index (χ4n) is 2.10. The molecule has 0 radical (unpaired) electrons. The van der Waals surface area contributed by atoms with E-state index in [9.17, 15) is 28.1 Å². The van der Waals surface area contributed by atoms with Crippen molar-refractivity contribution < 1.29 is 32.4 Å². The molecule has 0 fully saturated rings. The lowest BCUT2D eigenvalue weighted by atomic mass is 10.2. The van der Waals surface area contributed by atoms with Crippen LogP contribution in [0.2, 0.25) is 10.0 Å². The van der Waals surface area contributed by atoms with Gasteiger partial charge in [0.25, 0.3) is 0 Å². The van der Waals surface area contributed by atoms with Gasteiger partial charge in [0, 0.05) is 19.2 Å². The maximum Gasteiger partial charge on any atom is 0.416 e. The van der Waals surface area contributed by atoms with Crippen molar-refractivity contribution in [1.82, 2.24) is 4.98 Å². The third-order valence-electron chi connectivity index (χ3n) is 3.42. The molecule has 156 valence electrons. The molecule has 0 aliphatic rings. The van der Waals surface area contributed by atoms with E-state index in [1.54, 1.807) is 6.92 Å². The summed E-state index contributed by atoms with van der Waals surface area (Å²) in [5.74, 6) is -1.05. The summed E-state index contributed by atoms with van der Waals surface area (Å²) in [5, 5.41) is 10.3. The van der Waals surface area contributed by atoms with E-state index in [4.69, 9.17) is 32.7 Å². The average molecular weight is 454 g/mol. The lowest BCUT2D eigenvalue weighted by molar-refractivity contribution is -0.384. The standard InChI is InChI=1S/C16H12Cl2F3N3O5/c1-3-28-15(25)23(2)14-11(24(26)27)4-5-12(22-14)29-13-9(17)6-8(7-10(13)18)16(19,20)21/h4-7H,3H2,1-2H3. The monoisotopic (exact) mass is 453 g/mol. The molecule has 0 aliphatic heterocycles. The molecule has 1 aromatic carbocycles. The van der Waals surface area contributed by atoms with Gasteiger partial charge < -0.3 is 9.47 Å². The molecular formula is C16H12Cl2F3N3O5. The van der Waals surface area contributed by atoms with E-state index in [-0.39, 0.29) is 18.2 Å². The SMILES string of the molecule is CCOC(=O)N(C)c1nc(Oc2c(Cl)cc(C(F)(F)F)cc2Cl)ccc1[N+](=O)[O-].